The molecule has 4 aromatic rings. The number of aliphatic carboxylic acids is 1. The van der Waals surface area contributed by atoms with Crippen LogP contribution in [0.2, 0.25) is 0 Å². The van der Waals surface area contributed by atoms with Crippen LogP contribution >= 0.6 is 0 Å². The van der Waals surface area contributed by atoms with E-state index < -0.39 is 23.3 Å². The molecule has 0 radical (unpaired) electrons. The molecule has 2 aromatic heterocycles. The highest BCUT2D eigenvalue weighted by Crippen LogP contribution is 2.48. The number of benzene rings is 2. The summed E-state index contributed by atoms with van der Waals surface area (Å²) in [4.78, 5) is 11.5. The van der Waals surface area contributed by atoms with Crippen molar-refractivity contribution in [1.29, 1.82) is 0 Å². The fourth-order valence-corrected chi connectivity index (χ4v) is 6.05. The van der Waals surface area contributed by atoms with Gasteiger partial charge in [-0.25, -0.2) is 18.0 Å². The molecule has 0 atom stereocenters. The van der Waals surface area contributed by atoms with E-state index in [9.17, 15) is 23.1 Å². The molecule has 2 N–H and O–H groups in total. The SMILES string of the molecule is O=C(O)C1(F)CCC(c2c(C3CCOCC3)n(-c3ccc(F)c(F)c3)c3cc4cn[nH]c4cc23)CC1. The molecule has 9 heteroatoms. The van der Waals surface area contributed by atoms with Gasteiger partial charge in [0.15, 0.2) is 11.6 Å². The number of fused-ring (bicyclic) bond motifs is 2. The van der Waals surface area contributed by atoms with Gasteiger partial charge in [-0.1, -0.05) is 0 Å². The first-order valence-corrected chi connectivity index (χ1v) is 12.3. The van der Waals surface area contributed by atoms with Crippen LogP contribution in [0.5, 0.6) is 0 Å². The first kappa shape index (κ1) is 23.1. The topological polar surface area (TPSA) is 80.1 Å². The smallest absolute Gasteiger partial charge is 0.341 e. The first-order valence-electron chi connectivity index (χ1n) is 12.3. The summed E-state index contributed by atoms with van der Waals surface area (Å²) in [6.45, 7) is 1.18. The van der Waals surface area contributed by atoms with Crippen LogP contribution in [0.1, 0.15) is 61.6 Å². The molecule has 0 spiro atoms. The van der Waals surface area contributed by atoms with Crippen molar-refractivity contribution in [3.8, 4) is 5.69 Å². The number of hydrogen-bond acceptors (Lipinski definition) is 3. The largest absolute Gasteiger partial charge is 0.479 e. The van der Waals surface area contributed by atoms with Crippen molar-refractivity contribution in [2.45, 2.75) is 56.0 Å². The van der Waals surface area contributed by atoms with E-state index in [1.807, 2.05) is 16.7 Å². The lowest BCUT2D eigenvalue weighted by Gasteiger charge is -2.33. The summed E-state index contributed by atoms with van der Waals surface area (Å²) in [6.07, 6.45) is 3.89. The van der Waals surface area contributed by atoms with Crippen LogP contribution < -0.4 is 0 Å². The van der Waals surface area contributed by atoms with Crippen LogP contribution in [-0.4, -0.2) is 44.7 Å². The number of nitrogens with one attached hydrogen (secondary N) is 1. The Balaban J connectivity index is 1.61. The first-order chi connectivity index (χ1) is 17.4. The number of halogens is 3. The average molecular weight is 498 g/mol. The predicted molar refractivity (Wildman–Crippen MR) is 128 cm³/mol. The van der Waals surface area contributed by atoms with Crippen LogP contribution in [0.4, 0.5) is 13.2 Å². The van der Waals surface area contributed by atoms with Gasteiger partial charge in [0, 0.05) is 47.4 Å². The van der Waals surface area contributed by atoms with Crippen LogP contribution in [0.3, 0.4) is 0 Å². The van der Waals surface area contributed by atoms with Gasteiger partial charge in [-0.15, -0.1) is 0 Å². The van der Waals surface area contributed by atoms with Gasteiger partial charge in [-0.3, -0.25) is 5.10 Å². The molecule has 36 heavy (non-hydrogen) atoms. The number of carbonyl (C=O) groups is 1. The van der Waals surface area contributed by atoms with E-state index in [1.54, 1.807) is 12.3 Å². The highest BCUT2D eigenvalue weighted by atomic mass is 19.2. The van der Waals surface area contributed by atoms with Gasteiger partial charge in [-0.05, 0) is 74.3 Å². The molecule has 1 saturated carbocycles. The number of hydrogen-bond donors (Lipinski definition) is 2. The predicted octanol–water partition coefficient (Wildman–Crippen LogP) is 6.13. The highest BCUT2D eigenvalue weighted by molar-refractivity contribution is 5.99. The van der Waals surface area contributed by atoms with Crippen LogP contribution in [0.15, 0.2) is 36.5 Å². The van der Waals surface area contributed by atoms with Crippen molar-refractivity contribution >= 4 is 27.8 Å². The number of carboxylic acids is 1. The highest BCUT2D eigenvalue weighted by Gasteiger charge is 2.44. The third kappa shape index (κ3) is 3.68. The number of alkyl halides is 1. The Morgan fingerprint density at radius 2 is 1.81 bits per heavy atom. The van der Waals surface area contributed by atoms with E-state index in [0.29, 0.717) is 31.7 Å². The molecule has 0 unspecified atom stereocenters. The lowest BCUT2D eigenvalue weighted by Crippen LogP contribution is -2.37. The van der Waals surface area contributed by atoms with Gasteiger partial charge < -0.3 is 14.4 Å². The molecule has 6 nitrogen and oxygen atoms in total. The van der Waals surface area contributed by atoms with Crippen LogP contribution in [-0.2, 0) is 9.53 Å². The lowest BCUT2D eigenvalue weighted by molar-refractivity contribution is -0.153. The molecular weight excluding hydrogens is 471 g/mol. The van der Waals surface area contributed by atoms with Crippen molar-refractivity contribution in [2.75, 3.05) is 13.2 Å². The van der Waals surface area contributed by atoms with Crippen molar-refractivity contribution in [3.05, 3.63) is 59.4 Å². The van der Waals surface area contributed by atoms with Gasteiger partial charge >= 0.3 is 5.97 Å². The summed E-state index contributed by atoms with van der Waals surface area (Å²) in [5.74, 6) is -3.23. The average Bonchev–Trinajstić information content (AvgIpc) is 3.47. The maximum atomic E-state index is 15.0. The number of ether oxygens (including phenoxy) is 1. The summed E-state index contributed by atoms with van der Waals surface area (Å²) in [6, 6.07) is 7.91. The Hall–Kier alpha value is -3.33. The molecule has 3 heterocycles. The normalized spacial score (nSPS) is 23.5. The minimum Gasteiger partial charge on any atom is -0.479 e. The lowest BCUT2D eigenvalue weighted by atomic mass is 9.75. The number of rotatable bonds is 4. The second kappa shape index (κ2) is 8.65. The molecule has 0 amide bonds. The molecule has 2 aliphatic rings. The zero-order valence-electron chi connectivity index (χ0n) is 19.6. The number of aromatic amines is 1. The Labute approximate surface area is 205 Å². The molecule has 2 aromatic carbocycles. The van der Waals surface area contributed by atoms with Gasteiger partial charge in [0.05, 0.1) is 17.2 Å². The fraction of sp³-hybridized carbons (Fsp3) is 0.407. The van der Waals surface area contributed by atoms with E-state index in [2.05, 4.69) is 10.2 Å². The van der Waals surface area contributed by atoms with E-state index in [0.717, 1.165) is 52.0 Å². The zero-order chi connectivity index (χ0) is 25.0. The molecule has 0 bridgehead atoms. The summed E-state index contributed by atoms with van der Waals surface area (Å²) in [5.41, 5.74) is 1.99. The number of nitrogens with zero attached hydrogens (tertiary/aromatic N) is 2. The summed E-state index contributed by atoms with van der Waals surface area (Å²) >= 11 is 0. The maximum absolute atomic E-state index is 15.0. The Morgan fingerprint density at radius 1 is 1.06 bits per heavy atom. The van der Waals surface area contributed by atoms with Crippen LogP contribution in [0, 0.1) is 11.6 Å². The number of H-pyrrole nitrogens is 1. The molecule has 6 rings (SSSR count). The molecule has 2 fully saturated rings. The zero-order valence-corrected chi connectivity index (χ0v) is 19.6. The van der Waals surface area contributed by atoms with Crippen molar-refractivity contribution < 1.29 is 27.8 Å². The summed E-state index contributed by atoms with van der Waals surface area (Å²) < 4.78 is 50.9. The Morgan fingerprint density at radius 3 is 2.50 bits per heavy atom. The molecule has 188 valence electrons. The van der Waals surface area contributed by atoms with Gasteiger partial charge in [-0.2, -0.15) is 5.10 Å². The third-order valence-corrected chi connectivity index (χ3v) is 7.94. The fourth-order valence-electron chi connectivity index (χ4n) is 6.05. The third-order valence-electron chi connectivity index (χ3n) is 7.94. The van der Waals surface area contributed by atoms with E-state index >= 15 is 0 Å². The number of aromatic nitrogens is 3. The number of carboxylic acid groups (broad SMARTS) is 1. The van der Waals surface area contributed by atoms with Gasteiger partial charge in [0.25, 0.3) is 0 Å². The van der Waals surface area contributed by atoms with Gasteiger partial charge in [0.1, 0.15) is 0 Å². The van der Waals surface area contributed by atoms with E-state index in [-0.39, 0.29) is 24.7 Å². The minimum atomic E-state index is -2.22. The second-order valence-electron chi connectivity index (χ2n) is 9.99. The maximum Gasteiger partial charge on any atom is 0.341 e. The van der Waals surface area contributed by atoms with E-state index in [1.165, 1.54) is 6.07 Å². The quantitative estimate of drug-likeness (QED) is 0.356. The molecular formula is C27H26F3N3O3. The molecule has 1 aliphatic heterocycles. The molecule has 1 aliphatic carbocycles. The van der Waals surface area contributed by atoms with Crippen molar-refractivity contribution in [3.63, 3.8) is 0 Å². The summed E-state index contributed by atoms with van der Waals surface area (Å²) in [7, 11) is 0. The minimum absolute atomic E-state index is 0.0651. The van der Waals surface area contributed by atoms with Crippen LogP contribution in [0.25, 0.3) is 27.5 Å². The van der Waals surface area contributed by atoms with E-state index in [4.69, 9.17) is 4.74 Å². The summed E-state index contributed by atoms with van der Waals surface area (Å²) in [5, 5.41) is 18.4. The van der Waals surface area contributed by atoms with Crippen molar-refractivity contribution in [1.82, 2.24) is 14.8 Å². The Kier molecular flexibility index (Phi) is 5.55. The van der Waals surface area contributed by atoms with Gasteiger partial charge in [0.2, 0.25) is 5.67 Å². The monoisotopic (exact) mass is 497 g/mol. The molecule has 1 saturated heterocycles. The second-order valence-corrected chi connectivity index (χ2v) is 9.99. The standard InChI is InChI=1S/C27H26F3N3O3/c28-20-2-1-18(12-21(20)29)33-23-11-17-14-31-32-22(17)13-19(23)24(25(33)16-5-9-36-10-6-16)15-3-7-27(30,8-4-15)26(34)35/h1-2,11-16H,3-10H2,(H,31,32)(H,34,35). The Bertz CT molecular complexity index is 1460. The van der Waals surface area contributed by atoms with Crippen molar-refractivity contribution in [2.24, 2.45) is 0 Å².